The molecule has 1 aliphatic heterocycles. The summed E-state index contributed by atoms with van der Waals surface area (Å²) in [6.45, 7) is 2.23. The van der Waals surface area contributed by atoms with Crippen LogP contribution in [0.2, 0.25) is 0 Å². The molecular formula is C16H18N2O4S2. The topological polar surface area (TPSA) is 83.6 Å². The molecule has 1 fully saturated rings. The predicted molar refractivity (Wildman–Crippen MR) is 94.2 cm³/mol. The third-order valence-corrected chi connectivity index (χ3v) is 7.03. The van der Waals surface area contributed by atoms with E-state index >= 15 is 0 Å². The fraction of sp³-hybridized carbons (Fsp3) is 0.250. The molecule has 1 aliphatic rings. The third kappa shape index (κ3) is 3.39. The average Bonchev–Trinajstić information content (AvgIpc) is 2.86. The Morgan fingerprint density at radius 2 is 1.83 bits per heavy atom. The molecule has 3 rings (SSSR count). The minimum atomic E-state index is -3.72. The maximum Gasteiger partial charge on any atom is 0.261 e. The largest absolute Gasteiger partial charge is 0.280 e. The summed E-state index contributed by atoms with van der Waals surface area (Å²) in [7, 11) is -7.03. The summed E-state index contributed by atoms with van der Waals surface area (Å²) >= 11 is 0. The van der Waals surface area contributed by atoms with Gasteiger partial charge in [-0.05, 0) is 49.2 Å². The molecule has 0 bridgehead atoms. The van der Waals surface area contributed by atoms with Crippen molar-refractivity contribution >= 4 is 31.4 Å². The van der Waals surface area contributed by atoms with E-state index in [9.17, 15) is 16.8 Å². The number of nitrogens with zero attached hydrogens (tertiary/aromatic N) is 1. The zero-order valence-electron chi connectivity index (χ0n) is 13.1. The number of anilines is 2. The molecule has 0 atom stereocenters. The fourth-order valence-electron chi connectivity index (χ4n) is 2.65. The zero-order valence-corrected chi connectivity index (χ0v) is 14.8. The van der Waals surface area contributed by atoms with Gasteiger partial charge in [-0.3, -0.25) is 9.03 Å². The highest BCUT2D eigenvalue weighted by atomic mass is 32.2. The van der Waals surface area contributed by atoms with E-state index < -0.39 is 20.0 Å². The van der Waals surface area contributed by atoms with E-state index in [0.717, 1.165) is 5.56 Å². The maximum atomic E-state index is 12.5. The number of aryl methyl sites for hydroxylation is 1. The first-order valence-electron chi connectivity index (χ1n) is 7.48. The second-order valence-corrected chi connectivity index (χ2v) is 9.41. The van der Waals surface area contributed by atoms with Crippen molar-refractivity contribution in [2.45, 2.75) is 18.2 Å². The summed E-state index contributed by atoms with van der Waals surface area (Å²) in [5.41, 5.74) is 1.64. The second kappa shape index (κ2) is 6.10. The Bertz CT molecular complexity index is 969. The predicted octanol–water partition coefficient (Wildman–Crippen LogP) is 2.34. The van der Waals surface area contributed by atoms with Crippen molar-refractivity contribution in [2.24, 2.45) is 0 Å². The summed E-state index contributed by atoms with van der Waals surface area (Å²) in [4.78, 5) is 0.168. The lowest BCUT2D eigenvalue weighted by Crippen LogP contribution is -2.25. The van der Waals surface area contributed by atoms with Crippen LogP contribution in [0.5, 0.6) is 0 Å². The standard InChI is InChI=1S/C16H18N2O4S2/c1-13-5-2-8-16(11-13)24(21,22)17-14-6-3-7-15(12-14)18-9-4-10-23(18,19)20/h2-3,5-8,11-12,17H,4,9-10H2,1H3. The van der Waals surface area contributed by atoms with Crippen molar-refractivity contribution in [1.29, 1.82) is 0 Å². The third-order valence-electron chi connectivity index (χ3n) is 3.79. The maximum absolute atomic E-state index is 12.5. The van der Waals surface area contributed by atoms with E-state index in [4.69, 9.17) is 0 Å². The lowest BCUT2D eigenvalue weighted by atomic mass is 10.2. The molecule has 24 heavy (non-hydrogen) atoms. The van der Waals surface area contributed by atoms with Gasteiger partial charge in [-0.1, -0.05) is 18.2 Å². The summed E-state index contributed by atoms with van der Waals surface area (Å²) in [5.74, 6) is 0.117. The van der Waals surface area contributed by atoms with Gasteiger partial charge >= 0.3 is 0 Å². The van der Waals surface area contributed by atoms with Crippen LogP contribution in [0.1, 0.15) is 12.0 Å². The van der Waals surface area contributed by atoms with E-state index in [1.165, 1.54) is 16.4 Å². The highest BCUT2D eigenvalue weighted by Gasteiger charge is 2.28. The molecule has 0 saturated carbocycles. The Labute approximate surface area is 142 Å². The average molecular weight is 366 g/mol. The number of rotatable bonds is 4. The molecule has 0 aliphatic carbocycles. The van der Waals surface area contributed by atoms with Crippen molar-refractivity contribution in [2.75, 3.05) is 21.3 Å². The Morgan fingerprint density at radius 3 is 2.50 bits per heavy atom. The summed E-state index contributed by atoms with van der Waals surface area (Å²) in [5, 5.41) is 0. The van der Waals surface area contributed by atoms with Crippen LogP contribution >= 0.6 is 0 Å². The molecule has 0 aromatic heterocycles. The summed E-state index contributed by atoms with van der Waals surface area (Å²) in [6.07, 6.45) is 0.571. The second-order valence-electron chi connectivity index (χ2n) is 5.71. The molecule has 128 valence electrons. The molecule has 2 aromatic carbocycles. The monoisotopic (exact) mass is 366 g/mol. The first kappa shape index (κ1) is 16.8. The molecular weight excluding hydrogens is 348 g/mol. The van der Waals surface area contributed by atoms with Crippen LogP contribution in [0.25, 0.3) is 0 Å². The zero-order chi connectivity index (χ0) is 17.4. The highest BCUT2D eigenvalue weighted by molar-refractivity contribution is 7.93. The minimum absolute atomic E-state index is 0.117. The molecule has 0 spiro atoms. The van der Waals surface area contributed by atoms with E-state index in [-0.39, 0.29) is 10.6 Å². The number of nitrogens with one attached hydrogen (secondary N) is 1. The van der Waals surface area contributed by atoms with Crippen molar-refractivity contribution < 1.29 is 16.8 Å². The van der Waals surface area contributed by atoms with Crippen LogP contribution in [0.4, 0.5) is 11.4 Å². The molecule has 6 nitrogen and oxygen atoms in total. The Hall–Kier alpha value is -2.06. The van der Waals surface area contributed by atoms with Gasteiger partial charge in [0.25, 0.3) is 10.0 Å². The van der Waals surface area contributed by atoms with Gasteiger partial charge in [-0.25, -0.2) is 16.8 Å². The molecule has 1 N–H and O–H groups in total. The van der Waals surface area contributed by atoms with Gasteiger partial charge < -0.3 is 0 Å². The van der Waals surface area contributed by atoms with E-state index in [1.54, 1.807) is 30.3 Å². The van der Waals surface area contributed by atoms with Gasteiger partial charge in [-0.2, -0.15) is 0 Å². The minimum Gasteiger partial charge on any atom is -0.280 e. The van der Waals surface area contributed by atoms with E-state index in [2.05, 4.69) is 4.72 Å². The Morgan fingerprint density at radius 1 is 1.08 bits per heavy atom. The number of hydrogen-bond acceptors (Lipinski definition) is 4. The number of benzene rings is 2. The Kier molecular flexibility index (Phi) is 4.27. The summed E-state index contributed by atoms with van der Waals surface area (Å²) in [6, 6.07) is 13.0. The van der Waals surface area contributed by atoms with Gasteiger partial charge in [0.15, 0.2) is 0 Å². The van der Waals surface area contributed by atoms with Crippen molar-refractivity contribution in [3.05, 3.63) is 54.1 Å². The van der Waals surface area contributed by atoms with Crippen molar-refractivity contribution in [1.82, 2.24) is 0 Å². The normalized spacial score (nSPS) is 17.0. The molecule has 0 radical (unpaired) electrons. The van der Waals surface area contributed by atoms with Gasteiger partial charge in [0.05, 0.1) is 22.0 Å². The lowest BCUT2D eigenvalue weighted by molar-refractivity contribution is 0.598. The van der Waals surface area contributed by atoms with Crippen molar-refractivity contribution in [3.8, 4) is 0 Å². The van der Waals surface area contributed by atoms with Crippen LogP contribution in [-0.2, 0) is 20.0 Å². The molecule has 0 unspecified atom stereocenters. The highest BCUT2D eigenvalue weighted by Crippen LogP contribution is 2.27. The van der Waals surface area contributed by atoms with Gasteiger partial charge in [-0.15, -0.1) is 0 Å². The number of sulfonamides is 2. The van der Waals surface area contributed by atoms with Crippen LogP contribution in [0.3, 0.4) is 0 Å². The SMILES string of the molecule is Cc1cccc(S(=O)(=O)Nc2cccc(N3CCCS3(=O)=O)c2)c1. The first-order valence-corrected chi connectivity index (χ1v) is 10.6. The van der Waals surface area contributed by atoms with Gasteiger partial charge in [0, 0.05) is 6.54 Å². The smallest absolute Gasteiger partial charge is 0.261 e. The van der Waals surface area contributed by atoms with Gasteiger partial charge in [0.2, 0.25) is 10.0 Å². The van der Waals surface area contributed by atoms with E-state index in [1.807, 2.05) is 13.0 Å². The molecule has 0 amide bonds. The van der Waals surface area contributed by atoms with E-state index in [0.29, 0.717) is 24.3 Å². The van der Waals surface area contributed by atoms with Crippen LogP contribution < -0.4 is 9.03 Å². The molecule has 8 heteroatoms. The first-order chi connectivity index (χ1) is 11.3. The molecule has 1 heterocycles. The molecule has 1 saturated heterocycles. The van der Waals surface area contributed by atoms with Crippen LogP contribution in [0, 0.1) is 6.92 Å². The Balaban J connectivity index is 1.90. The quantitative estimate of drug-likeness (QED) is 0.900. The fourth-order valence-corrected chi connectivity index (χ4v) is 5.36. The van der Waals surface area contributed by atoms with Gasteiger partial charge in [0.1, 0.15) is 0 Å². The molecule has 2 aromatic rings. The van der Waals surface area contributed by atoms with Crippen molar-refractivity contribution in [3.63, 3.8) is 0 Å². The van der Waals surface area contributed by atoms with Crippen LogP contribution in [-0.4, -0.2) is 29.1 Å². The lowest BCUT2D eigenvalue weighted by Gasteiger charge is -2.18. The van der Waals surface area contributed by atoms with Crippen LogP contribution in [0.15, 0.2) is 53.4 Å². The number of hydrogen-bond donors (Lipinski definition) is 1. The summed E-state index contributed by atoms with van der Waals surface area (Å²) < 4.78 is 52.8.